The molecule has 0 bridgehead atoms. The standard InChI is InChI=1S/C23H37NO4/c1-3-5-6-7-8-9-10-11-15-18-20(25)28-22(19-16-13-12-14-17-19)21(24)23(26)27-4-2/h12-14,16-17,21-22H,3-11,15,18,24H2,1-2H3/t21-,22+/m1/s1. The molecule has 0 unspecified atom stereocenters. The zero-order valence-corrected chi connectivity index (χ0v) is 17.5. The Kier molecular flexibility index (Phi) is 13.0. The van der Waals surface area contributed by atoms with Crippen LogP contribution in [0.2, 0.25) is 0 Å². The van der Waals surface area contributed by atoms with Crippen LogP contribution in [0.4, 0.5) is 0 Å². The van der Waals surface area contributed by atoms with Gasteiger partial charge >= 0.3 is 11.9 Å². The van der Waals surface area contributed by atoms with Crippen LogP contribution < -0.4 is 5.73 Å². The molecule has 0 saturated heterocycles. The van der Waals surface area contributed by atoms with Gasteiger partial charge in [0.2, 0.25) is 0 Å². The molecular weight excluding hydrogens is 354 g/mol. The Labute approximate surface area is 170 Å². The number of nitrogens with two attached hydrogens (primary N) is 1. The Morgan fingerprint density at radius 1 is 0.893 bits per heavy atom. The minimum atomic E-state index is -1.03. The van der Waals surface area contributed by atoms with Crippen molar-refractivity contribution < 1.29 is 19.1 Å². The number of rotatable bonds is 15. The van der Waals surface area contributed by atoms with Crippen LogP contribution in [0.3, 0.4) is 0 Å². The molecule has 2 N–H and O–H groups in total. The Bertz CT molecular complexity index is 547. The molecule has 0 fully saturated rings. The lowest BCUT2D eigenvalue weighted by Gasteiger charge is -2.23. The first-order chi connectivity index (χ1) is 13.6. The fourth-order valence-electron chi connectivity index (χ4n) is 3.13. The molecule has 0 radical (unpaired) electrons. The van der Waals surface area contributed by atoms with Crippen molar-refractivity contribution in [1.29, 1.82) is 0 Å². The summed E-state index contributed by atoms with van der Waals surface area (Å²) in [5, 5.41) is 0. The molecule has 0 aliphatic heterocycles. The van der Waals surface area contributed by atoms with Crippen molar-refractivity contribution in [1.82, 2.24) is 0 Å². The zero-order chi connectivity index (χ0) is 20.6. The van der Waals surface area contributed by atoms with E-state index in [9.17, 15) is 9.59 Å². The summed E-state index contributed by atoms with van der Waals surface area (Å²) in [6, 6.07) is 8.09. The minimum absolute atomic E-state index is 0.237. The van der Waals surface area contributed by atoms with Crippen LogP contribution in [0.15, 0.2) is 30.3 Å². The quantitative estimate of drug-likeness (QED) is 0.333. The SMILES string of the molecule is CCCCCCCCCCCC(=O)O[C@@H](c1ccccc1)[C@@H](N)C(=O)OCC. The normalized spacial score (nSPS) is 13.0. The van der Waals surface area contributed by atoms with E-state index in [0.717, 1.165) is 19.3 Å². The maximum absolute atomic E-state index is 12.3. The van der Waals surface area contributed by atoms with Gasteiger partial charge in [-0.25, -0.2) is 0 Å². The first kappa shape index (κ1) is 24.2. The predicted molar refractivity (Wildman–Crippen MR) is 112 cm³/mol. The lowest BCUT2D eigenvalue weighted by Crippen LogP contribution is -2.40. The molecule has 0 aliphatic carbocycles. The van der Waals surface area contributed by atoms with E-state index >= 15 is 0 Å². The summed E-state index contributed by atoms with van der Waals surface area (Å²) in [4.78, 5) is 24.3. The molecule has 1 aromatic carbocycles. The summed E-state index contributed by atoms with van der Waals surface area (Å²) >= 11 is 0. The van der Waals surface area contributed by atoms with Crippen LogP contribution in [0.5, 0.6) is 0 Å². The van der Waals surface area contributed by atoms with Crippen molar-refractivity contribution in [3.63, 3.8) is 0 Å². The van der Waals surface area contributed by atoms with E-state index in [1.54, 1.807) is 19.1 Å². The molecule has 0 aliphatic rings. The molecule has 1 rings (SSSR count). The highest BCUT2D eigenvalue weighted by Gasteiger charge is 2.30. The molecule has 2 atom stereocenters. The fraction of sp³-hybridized carbons (Fsp3) is 0.652. The second kappa shape index (κ2) is 15.1. The molecule has 5 nitrogen and oxygen atoms in total. The molecular formula is C23H37NO4. The number of benzene rings is 1. The third kappa shape index (κ3) is 9.88. The first-order valence-corrected chi connectivity index (χ1v) is 10.8. The molecule has 0 amide bonds. The highest BCUT2D eigenvalue weighted by atomic mass is 16.6. The van der Waals surface area contributed by atoms with Crippen molar-refractivity contribution in [2.24, 2.45) is 5.73 Å². The summed E-state index contributed by atoms with van der Waals surface area (Å²) in [6.07, 6.45) is 10.2. The Balaban J connectivity index is 2.40. The van der Waals surface area contributed by atoms with Crippen molar-refractivity contribution in [3.8, 4) is 0 Å². The van der Waals surface area contributed by atoms with Crippen LogP contribution >= 0.6 is 0 Å². The van der Waals surface area contributed by atoms with Crippen molar-refractivity contribution in [2.75, 3.05) is 6.61 Å². The molecule has 0 saturated carbocycles. The molecule has 0 heterocycles. The van der Waals surface area contributed by atoms with E-state index in [1.165, 1.54) is 38.5 Å². The van der Waals surface area contributed by atoms with Gasteiger partial charge in [0.25, 0.3) is 0 Å². The van der Waals surface area contributed by atoms with Gasteiger partial charge < -0.3 is 15.2 Å². The van der Waals surface area contributed by atoms with Gasteiger partial charge in [0, 0.05) is 6.42 Å². The van der Waals surface area contributed by atoms with Gasteiger partial charge in [-0.1, -0.05) is 88.6 Å². The average molecular weight is 392 g/mol. The van der Waals surface area contributed by atoms with Crippen LogP contribution in [-0.4, -0.2) is 24.6 Å². The Morgan fingerprint density at radius 2 is 1.46 bits per heavy atom. The molecule has 0 aromatic heterocycles. The minimum Gasteiger partial charge on any atom is -0.465 e. The summed E-state index contributed by atoms with van der Waals surface area (Å²) in [5.41, 5.74) is 6.72. The highest BCUT2D eigenvalue weighted by molar-refractivity contribution is 5.77. The van der Waals surface area contributed by atoms with Crippen LogP contribution in [0.1, 0.15) is 89.7 Å². The predicted octanol–water partition coefficient (Wildman–Crippen LogP) is 5.08. The third-order valence-electron chi connectivity index (χ3n) is 4.76. The van der Waals surface area contributed by atoms with Gasteiger partial charge in [-0.15, -0.1) is 0 Å². The summed E-state index contributed by atoms with van der Waals surface area (Å²) in [7, 11) is 0. The number of esters is 2. The van der Waals surface area contributed by atoms with E-state index in [4.69, 9.17) is 15.2 Å². The van der Waals surface area contributed by atoms with E-state index in [2.05, 4.69) is 6.92 Å². The van der Waals surface area contributed by atoms with Gasteiger partial charge in [0.05, 0.1) is 6.61 Å². The summed E-state index contributed by atoms with van der Waals surface area (Å²) in [5.74, 6) is -0.885. The van der Waals surface area contributed by atoms with Gasteiger partial charge in [-0.3, -0.25) is 9.59 Å². The number of hydrogen-bond acceptors (Lipinski definition) is 5. The zero-order valence-electron chi connectivity index (χ0n) is 17.5. The van der Waals surface area contributed by atoms with Gasteiger partial charge in [0.15, 0.2) is 6.10 Å². The van der Waals surface area contributed by atoms with E-state index < -0.39 is 18.1 Å². The van der Waals surface area contributed by atoms with Crippen LogP contribution in [-0.2, 0) is 19.1 Å². The molecule has 158 valence electrons. The maximum Gasteiger partial charge on any atom is 0.327 e. The molecule has 28 heavy (non-hydrogen) atoms. The second-order valence-electron chi connectivity index (χ2n) is 7.18. The van der Waals surface area contributed by atoms with Gasteiger partial charge in [0.1, 0.15) is 6.04 Å². The number of hydrogen-bond donors (Lipinski definition) is 1. The molecule has 1 aromatic rings. The monoisotopic (exact) mass is 391 g/mol. The van der Waals surface area contributed by atoms with Gasteiger partial charge in [-0.2, -0.15) is 0 Å². The fourth-order valence-corrected chi connectivity index (χ4v) is 3.13. The second-order valence-corrected chi connectivity index (χ2v) is 7.18. The number of unbranched alkanes of at least 4 members (excludes halogenated alkanes) is 8. The largest absolute Gasteiger partial charge is 0.465 e. The third-order valence-corrected chi connectivity index (χ3v) is 4.76. The van der Waals surface area contributed by atoms with E-state index in [-0.39, 0.29) is 12.6 Å². The lowest BCUT2D eigenvalue weighted by atomic mass is 10.0. The van der Waals surface area contributed by atoms with Crippen molar-refractivity contribution >= 4 is 11.9 Å². The summed E-state index contributed by atoms with van der Waals surface area (Å²) in [6.45, 7) is 4.18. The highest BCUT2D eigenvalue weighted by Crippen LogP contribution is 2.22. The van der Waals surface area contributed by atoms with E-state index in [0.29, 0.717) is 12.0 Å². The van der Waals surface area contributed by atoms with Crippen LogP contribution in [0, 0.1) is 0 Å². The van der Waals surface area contributed by atoms with Crippen LogP contribution in [0.25, 0.3) is 0 Å². The number of carbonyl (C=O) groups is 2. The number of carbonyl (C=O) groups excluding carboxylic acids is 2. The molecule has 0 spiro atoms. The topological polar surface area (TPSA) is 78.6 Å². The van der Waals surface area contributed by atoms with Crippen molar-refractivity contribution in [3.05, 3.63) is 35.9 Å². The summed E-state index contributed by atoms with van der Waals surface area (Å²) < 4.78 is 10.6. The Morgan fingerprint density at radius 3 is 2.04 bits per heavy atom. The first-order valence-electron chi connectivity index (χ1n) is 10.8. The van der Waals surface area contributed by atoms with Crippen molar-refractivity contribution in [2.45, 2.75) is 90.2 Å². The lowest BCUT2D eigenvalue weighted by molar-refractivity contribution is -0.157. The average Bonchev–Trinajstić information content (AvgIpc) is 2.71. The molecule has 5 heteroatoms. The van der Waals surface area contributed by atoms with Gasteiger partial charge in [-0.05, 0) is 18.9 Å². The Hall–Kier alpha value is -1.88. The number of ether oxygens (including phenoxy) is 2. The maximum atomic E-state index is 12.3. The van der Waals surface area contributed by atoms with E-state index in [1.807, 2.05) is 18.2 Å². The smallest absolute Gasteiger partial charge is 0.327 e.